The van der Waals surface area contributed by atoms with Gasteiger partial charge >= 0.3 is 0 Å². The molecule has 0 aromatic rings. The molecule has 140 valence electrons. The maximum absolute atomic E-state index is 7.43. The van der Waals surface area contributed by atoms with E-state index in [9.17, 15) is 0 Å². The summed E-state index contributed by atoms with van der Waals surface area (Å²) < 4.78 is 0. The van der Waals surface area contributed by atoms with Crippen LogP contribution in [0.15, 0.2) is 4.99 Å². The molecule has 0 aromatic carbocycles. The molecule has 0 fully saturated rings. The van der Waals surface area contributed by atoms with E-state index in [1.165, 1.54) is 44.0 Å². The minimum atomic E-state index is -1.09. The second-order valence-electron chi connectivity index (χ2n) is 9.42. The van der Waals surface area contributed by atoms with E-state index in [0.717, 1.165) is 0 Å². The van der Waals surface area contributed by atoms with Gasteiger partial charge in [-0.1, -0.05) is 19.8 Å². The summed E-state index contributed by atoms with van der Waals surface area (Å²) in [4.78, 5) is 2.58. The smallest absolute Gasteiger partial charge is 0.0925 e. The topological polar surface area (TPSA) is 58.5 Å². The average Bonchev–Trinajstić information content (AvgIpc) is 2.35. The molecule has 0 saturated carbocycles. The van der Waals surface area contributed by atoms with Gasteiger partial charge in [0.15, 0.2) is 0 Å². The van der Waals surface area contributed by atoms with Gasteiger partial charge in [-0.15, -0.1) is 6.01 Å². The van der Waals surface area contributed by atoms with E-state index in [1.54, 1.807) is 0 Å². The molecule has 0 aromatic heterocycles. The van der Waals surface area contributed by atoms with Gasteiger partial charge < -0.3 is 10.4 Å². The number of nitriles is 1. The van der Waals surface area contributed by atoms with E-state index in [1.807, 2.05) is 0 Å². The quantitative estimate of drug-likeness (QED) is 0.223. The van der Waals surface area contributed by atoms with Gasteiger partial charge in [-0.2, -0.15) is 5.26 Å². The van der Waals surface area contributed by atoms with Crippen LogP contribution in [-0.4, -0.2) is 27.6 Å². The summed E-state index contributed by atoms with van der Waals surface area (Å²) in [5, 5.41) is 16.2. The van der Waals surface area contributed by atoms with Crippen molar-refractivity contribution in [1.29, 1.82) is 5.26 Å². The fourth-order valence-electron chi connectivity index (χ4n) is 4.82. The summed E-state index contributed by atoms with van der Waals surface area (Å²) in [5.74, 6) is 0. The molecule has 0 unspecified atom stereocenters. The van der Waals surface area contributed by atoms with Crippen molar-refractivity contribution in [2.24, 2.45) is 4.99 Å². The molecule has 0 bridgehead atoms. The van der Waals surface area contributed by atoms with Crippen LogP contribution in [0.25, 0.3) is 5.41 Å². The standard InChI is InChI=1S/C18H40P.C2N3/c1-11-12-13-14-15-19(16(2,3)4,17(5,6)7)18(8,9)10;3-1-5-2-4/h11-15H2,1-10H3;/q+1;-1. The Bertz CT molecular complexity index is 399. The van der Waals surface area contributed by atoms with Crippen LogP contribution < -0.4 is 0 Å². The van der Waals surface area contributed by atoms with Gasteiger partial charge in [0.2, 0.25) is 0 Å². The molecule has 3 nitrogen and oxygen atoms in total. The summed E-state index contributed by atoms with van der Waals surface area (Å²) in [7, 11) is -1.09. The molecule has 0 rings (SSSR count). The minimum absolute atomic E-state index is 0.440. The molecule has 0 atom stereocenters. The lowest BCUT2D eigenvalue weighted by atomic mass is 10.2. The maximum atomic E-state index is 7.43. The van der Waals surface area contributed by atoms with Crippen molar-refractivity contribution in [3.63, 3.8) is 0 Å². The predicted octanol–water partition coefficient (Wildman–Crippen LogP) is 7.19. The van der Waals surface area contributed by atoms with Gasteiger partial charge in [0.05, 0.1) is 27.8 Å². The molecule has 0 N–H and O–H groups in total. The Labute approximate surface area is 152 Å². The lowest BCUT2D eigenvalue weighted by Gasteiger charge is -2.54. The zero-order chi connectivity index (χ0) is 19.7. The van der Waals surface area contributed by atoms with Gasteiger partial charge in [0.25, 0.3) is 0 Å². The Morgan fingerprint density at radius 1 is 0.833 bits per heavy atom. The third-order valence-electron chi connectivity index (χ3n) is 4.88. The molecular weight excluding hydrogens is 313 g/mol. The first-order valence-corrected chi connectivity index (χ1v) is 11.1. The number of hydrogen-bond acceptors (Lipinski definition) is 2. The molecular formula is C20H40N3P. The number of aliphatic imine (C=N–C) groups is 1. The van der Waals surface area contributed by atoms with E-state index in [2.05, 4.69) is 74.2 Å². The summed E-state index contributed by atoms with van der Waals surface area (Å²) in [5.41, 5.74) is 0. The van der Waals surface area contributed by atoms with Crippen molar-refractivity contribution in [1.82, 2.24) is 0 Å². The summed E-state index contributed by atoms with van der Waals surface area (Å²) >= 11 is 0. The molecule has 0 aliphatic carbocycles. The Morgan fingerprint density at radius 2 is 1.25 bits per heavy atom. The highest BCUT2D eigenvalue weighted by atomic mass is 31.2. The molecule has 0 saturated heterocycles. The molecule has 0 aliphatic rings. The van der Waals surface area contributed by atoms with Crippen LogP contribution in [0.1, 0.15) is 94.9 Å². The van der Waals surface area contributed by atoms with E-state index >= 15 is 0 Å². The lowest BCUT2D eigenvalue weighted by molar-refractivity contribution is 0.602. The van der Waals surface area contributed by atoms with Crippen LogP contribution in [0.3, 0.4) is 0 Å². The van der Waals surface area contributed by atoms with Crippen LogP contribution in [0.5, 0.6) is 0 Å². The summed E-state index contributed by atoms with van der Waals surface area (Å²) in [6, 6.07) is 1.28. The molecule has 24 heavy (non-hydrogen) atoms. The zero-order valence-corrected chi connectivity index (χ0v) is 18.7. The third-order valence-corrected chi connectivity index (χ3v) is 12.7. The molecule has 0 amide bonds. The first-order valence-electron chi connectivity index (χ1n) is 9.09. The van der Waals surface area contributed by atoms with Crippen molar-refractivity contribution in [2.45, 2.75) is 110 Å². The molecule has 0 heterocycles. The highest BCUT2D eigenvalue weighted by Crippen LogP contribution is 2.83. The van der Waals surface area contributed by atoms with Gasteiger partial charge in [0, 0.05) is 7.26 Å². The number of nitrogens with zero attached hydrogens (tertiary/aromatic N) is 3. The maximum Gasteiger partial charge on any atom is 0.0925 e. The second kappa shape index (κ2) is 10.3. The molecule has 0 spiro atoms. The third kappa shape index (κ3) is 7.04. The van der Waals surface area contributed by atoms with E-state index in [4.69, 9.17) is 10.7 Å². The largest absolute Gasteiger partial charge is 0.422 e. The first-order chi connectivity index (χ1) is 10.7. The average molecular weight is 354 g/mol. The van der Waals surface area contributed by atoms with E-state index < -0.39 is 7.26 Å². The summed E-state index contributed by atoms with van der Waals surface area (Å²) in [6.45, 7) is 24.8. The minimum Gasteiger partial charge on any atom is -0.422 e. The van der Waals surface area contributed by atoms with Crippen molar-refractivity contribution in [2.75, 3.05) is 6.16 Å². The SMILES string of the molecule is CCCCCC[P+](C(C)(C)C)(C(C)(C)C)C(C)(C)C.N#CN=C=[N-]. The van der Waals surface area contributed by atoms with Crippen molar-refractivity contribution in [3.8, 4) is 6.19 Å². The van der Waals surface area contributed by atoms with Gasteiger partial charge in [0.1, 0.15) is 0 Å². The molecule has 0 aliphatic heterocycles. The number of hydrogen-bond donors (Lipinski definition) is 0. The van der Waals surface area contributed by atoms with Crippen molar-refractivity contribution in [3.05, 3.63) is 5.41 Å². The zero-order valence-electron chi connectivity index (χ0n) is 17.8. The Kier molecular flexibility index (Phi) is 11.0. The Balaban J connectivity index is 0. The van der Waals surface area contributed by atoms with Crippen LogP contribution in [0.2, 0.25) is 0 Å². The van der Waals surface area contributed by atoms with Crippen LogP contribution >= 0.6 is 7.26 Å². The van der Waals surface area contributed by atoms with Crippen molar-refractivity contribution < 1.29 is 0 Å². The molecule has 0 radical (unpaired) electrons. The van der Waals surface area contributed by atoms with Gasteiger partial charge in [-0.25, -0.2) is 0 Å². The number of unbranched alkanes of at least 4 members (excludes halogenated alkanes) is 3. The lowest BCUT2D eigenvalue weighted by Crippen LogP contribution is -2.45. The van der Waals surface area contributed by atoms with E-state index in [0.29, 0.717) is 15.5 Å². The normalized spacial score (nSPS) is 12.5. The van der Waals surface area contributed by atoms with E-state index in [-0.39, 0.29) is 0 Å². The highest BCUT2D eigenvalue weighted by molar-refractivity contribution is 7.80. The fraction of sp³-hybridized carbons (Fsp3) is 0.900. The highest BCUT2D eigenvalue weighted by Gasteiger charge is 2.63. The fourth-order valence-corrected chi connectivity index (χ4v) is 13.6. The van der Waals surface area contributed by atoms with Crippen molar-refractivity contribution >= 4 is 13.3 Å². The van der Waals surface area contributed by atoms with Crippen LogP contribution in [-0.2, 0) is 0 Å². The monoisotopic (exact) mass is 353 g/mol. The number of rotatable bonds is 5. The Hall–Kier alpha value is -0.700. The first kappa shape index (κ1) is 25.5. The van der Waals surface area contributed by atoms with Crippen LogP contribution in [0, 0.1) is 11.5 Å². The van der Waals surface area contributed by atoms with Crippen LogP contribution in [0.4, 0.5) is 0 Å². The summed E-state index contributed by atoms with van der Waals surface area (Å²) in [6.07, 6.45) is 8.32. The van der Waals surface area contributed by atoms with Gasteiger partial charge in [-0.05, 0) is 75.2 Å². The molecule has 4 heteroatoms. The second-order valence-corrected chi connectivity index (χ2v) is 15.5. The Morgan fingerprint density at radius 3 is 1.46 bits per heavy atom. The van der Waals surface area contributed by atoms with Gasteiger partial charge in [-0.3, -0.25) is 0 Å². The predicted molar refractivity (Wildman–Crippen MR) is 112 cm³/mol.